The van der Waals surface area contributed by atoms with Crippen molar-refractivity contribution in [3.05, 3.63) is 30.1 Å². The molecule has 1 aromatic carbocycles. The minimum Gasteiger partial charge on any atom is -0.372 e. The summed E-state index contributed by atoms with van der Waals surface area (Å²) < 4.78 is 12.7. The van der Waals surface area contributed by atoms with E-state index < -0.39 is 6.23 Å². The molecule has 3 N–H and O–H groups in total. The van der Waals surface area contributed by atoms with Crippen LogP contribution in [0.2, 0.25) is 0 Å². The van der Waals surface area contributed by atoms with Crippen molar-refractivity contribution >= 4 is 5.69 Å². The summed E-state index contributed by atoms with van der Waals surface area (Å²) in [7, 11) is 1.73. The number of nitrogens with one attached hydrogen (secondary N) is 2. The third kappa shape index (κ3) is 3.40. The summed E-state index contributed by atoms with van der Waals surface area (Å²) in [4.78, 5) is 0. The second-order valence-electron chi connectivity index (χ2n) is 2.73. The maximum Gasteiger partial charge on any atom is 0.137 e. The molecule has 0 spiro atoms. The summed E-state index contributed by atoms with van der Waals surface area (Å²) in [5.74, 6) is -0.318. The molecule has 0 aliphatic rings. The summed E-state index contributed by atoms with van der Waals surface area (Å²) in [5, 5.41) is 14.8. The van der Waals surface area contributed by atoms with E-state index in [1.807, 2.05) is 0 Å². The Bertz CT molecular complexity index is 268. The van der Waals surface area contributed by atoms with Crippen LogP contribution in [0, 0.1) is 5.82 Å². The van der Waals surface area contributed by atoms with Gasteiger partial charge in [-0.3, -0.25) is 0 Å². The Balaban J connectivity index is 2.53. The van der Waals surface area contributed by atoms with Gasteiger partial charge in [0.15, 0.2) is 0 Å². The summed E-state index contributed by atoms with van der Waals surface area (Å²) in [5.41, 5.74) is 0.572. The molecule has 4 heteroatoms. The van der Waals surface area contributed by atoms with Gasteiger partial charge in [0, 0.05) is 12.2 Å². The van der Waals surface area contributed by atoms with Gasteiger partial charge in [-0.1, -0.05) is 6.07 Å². The maximum atomic E-state index is 12.7. The minimum atomic E-state index is -0.702. The molecule has 0 fully saturated rings. The van der Waals surface area contributed by atoms with Crippen molar-refractivity contribution in [1.82, 2.24) is 5.32 Å². The molecular weight excluding hydrogens is 171 g/mol. The van der Waals surface area contributed by atoms with Gasteiger partial charge in [0.05, 0.1) is 0 Å². The van der Waals surface area contributed by atoms with Crippen LogP contribution >= 0.6 is 0 Å². The molecule has 1 unspecified atom stereocenters. The Labute approximate surface area is 76.6 Å². The highest BCUT2D eigenvalue weighted by atomic mass is 19.1. The predicted molar refractivity (Wildman–Crippen MR) is 50.0 cm³/mol. The van der Waals surface area contributed by atoms with Crippen LogP contribution < -0.4 is 10.6 Å². The Hall–Kier alpha value is -1.13. The SMILES string of the molecule is CNCC(O)Nc1cccc(F)c1. The van der Waals surface area contributed by atoms with Gasteiger partial charge >= 0.3 is 0 Å². The number of aliphatic hydroxyl groups is 1. The lowest BCUT2D eigenvalue weighted by Gasteiger charge is -2.13. The van der Waals surface area contributed by atoms with Crippen molar-refractivity contribution in [3.8, 4) is 0 Å². The fourth-order valence-electron chi connectivity index (χ4n) is 1.02. The molecule has 0 saturated carbocycles. The van der Waals surface area contributed by atoms with E-state index in [1.54, 1.807) is 19.2 Å². The van der Waals surface area contributed by atoms with Crippen molar-refractivity contribution < 1.29 is 9.50 Å². The van der Waals surface area contributed by atoms with E-state index in [-0.39, 0.29) is 5.82 Å². The summed E-state index contributed by atoms with van der Waals surface area (Å²) in [6.45, 7) is 0.413. The predicted octanol–water partition coefficient (Wildman–Crippen LogP) is 0.775. The third-order valence-electron chi connectivity index (χ3n) is 1.56. The molecule has 1 aromatic rings. The van der Waals surface area contributed by atoms with E-state index in [0.29, 0.717) is 12.2 Å². The molecule has 0 amide bonds. The fourth-order valence-corrected chi connectivity index (χ4v) is 1.02. The number of likely N-dealkylation sites (N-methyl/N-ethyl adjacent to an activating group) is 1. The highest BCUT2D eigenvalue weighted by Gasteiger charge is 2.01. The van der Waals surface area contributed by atoms with Gasteiger partial charge in [-0.25, -0.2) is 4.39 Å². The van der Waals surface area contributed by atoms with Crippen molar-refractivity contribution in [2.45, 2.75) is 6.23 Å². The lowest BCUT2D eigenvalue weighted by Crippen LogP contribution is -2.30. The van der Waals surface area contributed by atoms with E-state index >= 15 is 0 Å². The molecule has 13 heavy (non-hydrogen) atoms. The molecule has 0 radical (unpaired) electrons. The largest absolute Gasteiger partial charge is 0.372 e. The molecule has 72 valence electrons. The van der Waals surface area contributed by atoms with Gasteiger partial charge in [0.25, 0.3) is 0 Å². The number of anilines is 1. The van der Waals surface area contributed by atoms with Crippen LogP contribution in [0.5, 0.6) is 0 Å². The number of hydrogen-bond acceptors (Lipinski definition) is 3. The molecule has 0 saturated heterocycles. The van der Waals surface area contributed by atoms with Crippen LogP contribution in [0.4, 0.5) is 10.1 Å². The van der Waals surface area contributed by atoms with Crippen molar-refractivity contribution in [2.75, 3.05) is 18.9 Å². The normalized spacial score (nSPS) is 12.5. The van der Waals surface area contributed by atoms with E-state index in [9.17, 15) is 9.50 Å². The van der Waals surface area contributed by atoms with Gasteiger partial charge in [-0.2, -0.15) is 0 Å². The molecular formula is C9H13FN2O. The summed E-state index contributed by atoms with van der Waals surface area (Å²) in [6, 6.07) is 5.97. The number of halogens is 1. The highest BCUT2D eigenvalue weighted by Crippen LogP contribution is 2.09. The lowest BCUT2D eigenvalue weighted by atomic mass is 10.3. The van der Waals surface area contributed by atoms with Crippen molar-refractivity contribution in [1.29, 1.82) is 0 Å². The summed E-state index contributed by atoms with van der Waals surface area (Å²) >= 11 is 0. The second-order valence-corrected chi connectivity index (χ2v) is 2.73. The fraction of sp³-hybridized carbons (Fsp3) is 0.333. The van der Waals surface area contributed by atoms with E-state index in [1.165, 1.54) is 12.1 Å². The van der Waals surface area contributed by atoms with Crippen LogP contribution in [0.3, 0.4) is 0 Å². The number of benzene rings is 1. The first-order valence-corrected chi connectivity index (χ1v) is 4.07. The Morgan fingerprint density at radius 1 is 1.54 bits per heavy atom. The second kappa shape index (κ2) is 4.79. The smallest absolute Gasteiger partial charge is 0.137 e. The van der Waals surface area contributed by atoms with Gasteiger partial charge in [-0.05, 0) is 25.2 Å². The molecule has 1 atom stereocenters. The molecule has 1 rings (SSSR count). The van der Waals surface area contributed by atoms with Gasteiger partial charge < -0.3 is 15.7 Å². The van der Waals surface area contributed by atoms with Crippen LogP contribution in [0.25, 0.3) is 0 Å². The monoisotopic (exact) mass is 184 g/mol. The number of aliphatic hydroxyl groups excluding tert-OH is 1. The average Bonchev–Trinajstić information content (AvgIpc) is 2.04. The zero-order chi connectivity index (χ0) is 9.68. The average molecular weight is 184 g/mol. The van der Waals surface area contributed by atoms with Gasteiger partial charge in [0.2, 0.25) is 0 Å². The quantitative estimate of drug-likeness (QED) is 0.606. The molecule has 0 heterocycles. The van der Waals surface area contributed by atoms with E-state index in [2.05, 4.69) is 10.6 Å². The zero-order valence-electron chi connectivity index (χ0n) is 7.42. The molecule has 0 aliphatic heterocycles. The third-order valence-corrected chi connectivity index (χ3v) is 1.56. The first-order valence-electron chi connectivity index (χ1n) is 4.07. The minimum absolute atomic E-state index is 0.318. The van der Waals surface area contributed by atoms with Crippen LogP contribution in [0.15, 0.2) is 24.3 Å². The molecule has 0 bridgehead atoms. The summed E-state index contributed by atoms with van der Waals surface area (Å²) in [6.07, 6.45) is -0.702. The highest BCUT2D eigenvalue weighted by molar-refractivity contribution is 5.43. The Kier molecular flexibility index (Phi) is 3.67. The van der Waals surface area contributed by atoms with Crippen molar-refractivity contribution in [2.24, 2.45) is 0 Å². The molecule has 0 aromatic heterocycles. The first-order chi connectivity index (χ1) is 6.22. The topological polar surface area (TPSA) is 44.3 Å². The number of hydrogen-bond donors (Lipinski definition) is 3. The maximum absolute atomic E-state index is 12.7. The lowest BCUT2D eigenvalue weighted by molar-refractivity contribution is 0.203. The Morgan fingerprint density at radius 3 is 2.92 bits per heavy atom. The molecule has 3 nitrogen and oxygen atoms in total. The Morgan fingerprint density at radius 2 is 2.31 bits per heavy atom. The van der Waals surface area contributed by atoms with E-state index in [4.69, 9.17) is 0 Å². The van der Waals surface area contributed by atoms with Crippen molar-refractivity contribution in [3.63, 3.8) is 0 Å². The standard InChI is InChI=1S/C9H13FN2O/c1-11-6-9(13)12-8-4-2-3-7(10)5-8/h2-5,9,11-13H,6H2,1H3. The van der Waals surface area contributed by atoms with E-state index in [0.717, 1.165) is 0 Å². The van der Waals surface area contributed by atoms with Gasteiger partial charge in [-0.15, -0.1) is 0 Å². The molecule has 0 aliphatic carbocycles. The first kappa shape index (κ1) is 9.95. The van der Waals surface area contributed by atoms with Gasteiger partial charge in [0.1, 0.15) is 12.0 Å². The number of rotatable bonds is 4. The van der Waals surface area contributed by atoms with Crippen LogP contribution in [-0.4, -0.2) is 24.9 Å². The zero-order valence-corrected chi connectivity index (χ0v) is 7.42. The van der Waals surface area contributed by atoms with Crippen LogP contribution in [-0.2, 0) is 0 Å². The van der Waals surface area contributed by atoms with Crippen LogP contribution in [0.1, 0.15) is 0 Å².